The lowest BCUT2D eigenvalue weighted by atomic mass is 10.2. The standard InChI is InChI=1S/C11H12N2O2S/c1-14-8-4-3-7(5-9(8)15-2)10-6-13-11(12)16-10/h3-6H,1-2H3,(H2,12,13). The Bertz CT molecular complexity index is 496. The van der Waals surface area contributed by atoms with Crippen LogP contribution in [0.5, 0.6) is 11.5 Å². The van der Waals surface area contributed by atoms with E-state index in [2.05, 4.69) is 4.98 Å². The van der Waals surface area contributed by atoms with Gasteiger partial charge in [0.05, 0.1) is 19.1 Å². The van der Waals surface area contributed by atoms with Crippen LogP contribution in [0, 0.1) is 0 Å². The van der Waals surface area contributed by atoms with Crippen molar-refractivity contribution in [2.24, 2.45) is 0 Å². The zero-order valence-corrected chi connectivity index (χ0v) is 9.88. The van der Waals surface area contributed by atoms with Crippen molar-refractivity contribution in [2.45, 2.75) is 0 Å². The van der Waals surface area contributed by atoms with Gasteiger partial charge in [-0.2, -0.15) is 0 Å². The summed E-state index contributed by atoms with van der Waals surface area (Å²) < 4.78 is 10.4. The van der Waals surface area contributed by atoms with E-state index in [1.54, 1.807) is 20.4 Å². The molecule has 0 spiro atoms. The first-order valence-corrected chi connectivity index (χ1v) is 5.50. The number of nitrogens with two attached hydrogens (primary N) is 1. The van der Waals surface area contributed by atoms with Crippen LogP contribution in [0.15, 0.2) is 24.4 Å². The Hall–Kier alpha value is -1.75. The molecule has 0 atom stereocenters. The van der Waals surface area contributed by atoms with Gasteiger partial charge >= 0.3 is 0 Å². The lowest BCUT2D eigenvalue weighted by Crippen LogP contribution is -1.90. The van der Waals surface area contributed by atoms with E-state index >= 15 is 0 Å². The van der Waals surface area contributed by atoms with Crippen LogP contribution in [0.1, 0.15) is 0 Å². The summed E-state index contributed by atoms with van der Waals surface area (Å²) >= 11 is 1.44. The number of nitrogen functional groups attached to an aromatic ring is 1. The van der Waals surface area contributed by atoms with Crippen LogP contribution in [0.3, 0.4) is 0 Å². The van der Waals surface area contributed by atoms with Crippen molar-refractivity contribution in [1.29, 1.82) is 0 Å². The molecule has 5 heteroatoms. The lowest BCUT2D eigenvalue weighted by Gasteiger charge is -2.08. The van der Waals surface area contributed by atoms with Crippen molar-refractivity contribution < 1.29 is 9.47 Å². The Balaban J connectivity index is 2.43. The molecule has 84 valence electrons. The van der Waals surface area contributed by atoms with E-state index in [1.807, 2.05) is 18.2 Å². The number of hydrogen-bond donors (Lipinski definition) is 1. The molecule has 2 rings (SSSR count). The molecule has 0 bridgehead atoms. The second-order valence-corrected chi connectivity index (χ2v) is 4.19. The van der Waals surface area contributed by atoms with Gasteiger partial charge in [0.25, 0.3) is 0 Å². The van der Waals surface area contributed by atoms with Gasteiger partial charge in [0.15, 0.2) is 16.6 Å². The van der Waals surface area contributed by atoms with Gasteiger partial charge in [0, 0.05) is 6.20 Å². The molecule has 1 aromatic carbocycles. The van der Waals surface area contributed by atoms with Crippen molar-refractivity contribution in [3.8, 4) is 21.9 Å². The maximum Gasteiger partial charge on any atom is 0.180 e. The Labute approximate surface area is 97.6 Å². The number of rotatable bonds is 3. The van der Waals surface area contributed by atoms with Gasteiger partial charge < -0.3 is 15.2 Å². The van der Waals surface area contributed by atoms with Gasteiger partial charge in [0.1, 0.15) is 0 Å². The highest BCUT2D eigenvalue weighted by Crippen LogP contribution is 2.34. The fraction of sp³-hybridized carbons (Fsp3) is 0.182. The number of hydrogen-bond acceptors (Lipinski definition) is 5. The predicted molar refractivity (Wildman–Crippen MR) is 65.1 cm³/mol. The normalized spacial score (nSPS) is 10.1. The quantitative estimate of drug-likeness (QED) is 0.889. The highest BCUT2D eigenvalue weighted by Gasteiger charge is 2.07. The van der Waals surface area contributed by atoms with E-state index < -0.39 is 0 Å². The maximum absolute atomic E-state index is 5.59. The van der Waals surface area contributed by atoms with Crippen molar-refractivity contribution in [3.63, 3.8) is 0 Å². The topological polar surface area (TPSA) is 57.4 Å². The Morgan fingerprint density at radius 1 is 1.19 bits per heavy atom. The molecular formula is C11H12N2O2S. The van der Waals surface area contributed by atoms with Crippen LogP contribution in [0.4, 0.5) is 5.13 Å². The van der Waals surface area contributed by atoms with Crippen LogP contribution in [-0.4, -0.2) is 19.2 Å². The molecular weight excluding hydrogens is 224 g/mol. The number of aromatic nitrogens is 1. The highest BCUT2D eigenvalue weighted by atomic mass is 32.1. The molecule has 2 aromatic rings. The minimum atomic E-state index is 0.560. The molecule has 2 N–H and O–H groups in total. The number of nitrogens with zero attached hydrogens (tertiary/aromatic N) is 1. The lowest BCUT2D eigenvalue weighted by molar-refractivity contribution is 0.355. The van der Waals surface area contributed by atoms with Gasteiger partial charge in [-0.15, -0.1) is 0 Å². The van der Waals surface area contributed by atoms with Crippen LogP contribution in [-0.2, 0) is 0 Å². The van der Waals surface area contributed by atoms with Gasteiger partial charge in [0.2, 0.25) is 0 Å². The summed E-state index contributed by atoms with van der Waals surface area (Å²) in [4.78, 5) is 5.03. The third kappa shape index (κ3) is 1.94. The van der Waals surface area contributed by atoms with Crippen LogP contribution < -0.4 is 15.2 Å². The fourth-order valence-corrected chi connectivity index (χ4v) is 2.09. The summed E-state index contributed by atoms with van der Waals surface area (Å²) in [6, 6.07) is 5.73. The molecule has 0 saturated heterocycles. The number of anilines is 1. The molecule has 0 aliphatic rings. The molecule has 0 fully saturated rings. The van der Waals surface area contributed by atoms with Crippen molar-refractivity contribution >= 4 is 16.5 Å². The Morgan fingerprint density at radius 2 is 1.94 bits per heavy atom. The van der Waals surface area contributed by atoms with Crippen LogP contribution >= 0.6 is 11.3 Å². The first kappa shape index (κ1) is 10.8. The van der Waals surface area contributed by atoms with Crippen LogP contribution in [0.25, 0.3) is 10.4 Å². The van der Waals surface area contributed by atoms with E-state index in [-0.39, 0.29) is 0 Å². The Morgan fingerprint density at radius 3 is 2.50 bits per heavy atom. The highest BCUT2D eigenvalue weighted by molar-refractivity contribution is 7.18. The fourth-order valence-electron chi connectivity index (χ4n) is 1.41. The molecule has 1 aromatic heterocycles. The van der Waals surface area contributed by atoms with Crippen molar-refractivity contribution in [2.75, 3.05) is 20.0 Å². The van der Waals surface area contributed by atoms with E-state index in [1.165, 1.54) is 11.3 Å². The summed E-state index contributed by atoms with van der Waals surface area (Å²) in [7, 11) is 3.23. The SMILES string of the molecule is COc1ccc(-c2cnc(N)s2)cc1OC. The van der Waals surface area contributed by atoms with Gasteiger partial charge in [-0.25, -0.2) is 4.98 Å². The van der Waals surface area contributed by atoms with Crippen LogP contribution in [0.2, 0.25) is 0 Å². The summed E-state index contributed by atoms with van der Waals surface area (Å²) in [6.07, 6.45) is 1.75. The summed E-state index contributed by atoms with van der Waals surface area (Å²) in [5, 5.41) is 0.560. The minimum absolute atomic E-state index is 0.560. The number of methoxy groups -OCH3 is 2. The molecule has 0 aliphatic carbocycles. The maximum atomic E-state index is 5.59. The molecule has 0 radical (unpaired) electrons. The monoisotopic (exact) mass is 236 g/mol. The molecule has 0 amide bonds. The largest absolute Gasteiger partial charge is 0.493 e. The second-order valence-electron chi connectivity index (χ2n) is 3.13. The van der Waals surface area contributed by atoms with E-state index in [0.29, 0.717) is 16.6 Å². The summed E-state index contributed by atoms with van der Waals surface area (Å²) in [5.74, 6) is 1.41. The zero-order chi connectivity index (χ0) is 11.5. The molecule has 0 saturated carbocycles. The third-order valence-electron chi connectivity index (χ3n) is 2.19. The average Bonchev–Trinajstić information content (AvgIpc) is 2.75. The van der Waals surface area contributed by atoms with E-state index in [4.69, 9.17) is 15.2 Å². The predicted octanol–water partition coefficient (Wildman–Crippen LogP) is 2.41. The first-order valence-electron chi connectivity index (χ1n) is 4.68. The summed E-state index contributed by atoms with van der Waals surface area (Å²) in [5.41, 5.74) is 6.61. The number of ether oxygens (including phenoxy) is 2. The molecule has 4 nitrogen and oxygen atoms in total. The number of thiazole rings is 1. The van der Waals surface area contributed by atoms with E-state index in [9.17, 15) is 0 Å². The minimum Gasteiger partial charge on any atom is -0.493 e. The van der Waals surface area contributed by atoms with Crippen molar-refractivity contribution in [3.05, 3.63) is 24.4 Å². The molecule has 0 aliphatic heterocycles. The Kier molecular flexibility index (Phi) is 2.96. The van der Waals surface area contributed by atoms with Crippen molar-refractivity contribution in [1.82, 2.24) is 4.98 Å². The smallest absolute Gasteiger partial charge is 0.180 e. The first-order chi connectivity index (χ1) is 7.74. The molecule has 1 heterocycles. The zero-order valence-electron chi connectivity index (χ0n) is 9.06. The average molecular weight is 236 g/mol. The number of benzene rings is 1. The van der Waals surface area contributed by atoms with Gasteiger partial charge in [-0.05, 0) is 23.8 Å². The second kappa shape index (κ2) is 4.40. The summed E-state index contributed by atoms with van der Waals surface area (Å²) in [6.45, 7) is 0. The van der Waals surface area contributed by atoms with E-state index in [0.717, 1.165) is 10.4 Å². The third-order valence-corrected chi connectivity index (χ3v) is 3.07. The molecule has 16 heavy (non-hydrogen) atoms. The molecule has 0 unspecified atom stereocenters. The van der Waals surface area contributed by atoms with Gasteiger partial charge in [-0.3, -0.25) is 0 Å². The van der Waals surface area contributed by atoms with Gasteiger partial charge in [-0.1, -0.05) is 11.3 Å².